The number of aryl methyl sites for hydroxylation is 2. The molecule has 8 heteroatoms. The summed E-state index contributed by atoms with van der Waals surface area (Å²) in [6.07, 6.45) is 1.35. The maximum absolute atomic E-state index is 13.3. The van der Waals surface area contributed by atoms with E-state index >= 15 is 0 Å². The Morgan fingerprint density at radius 1 is 1.00 bits per heavy atom. The van der Waals surface area contributed by atoms with Gasteiger partial charge in [-0.25, -0.2) is 14.6 Å². The first kappa shape index (κ1) is 20.3. The molecule has 0 spiro atoms. The van der Waals surface area contributed by atoms with Crippen molar-refractivity contribution < 1.29 is 4.79 Å². The highest BCUT2D eigenvalue weighted by molar-refractivity contribution is 7.19. The molecule has 0 saturated carbocycles. The van der Waals surface area contributed by atoms with E-state index in [1.165, 1.54) is 29.0 Å². The molecule has 5 aromatic rings. The van der Waals surface area contributed by atoms with Crippen LogP contribution in [0.5, 0.6) is 0 Å². The van der Waals surface area contributed by atoms with E-state index in [1.807, 2.05) is 68.4 Å². The van der Waals surface area contributed by atoms with Crippen molar-refractivity contribution in [3.63, 3.8) is 0 Å². The number of rotatable bonds is 4. The van der Waals surface area contributed by atoms with Crippen LogP contribution in [0.3, 0.4) is 0 Å². The van der Waals surface area contributed by atoms with Crippen LogP contribution in [-0.4, -0.2) is 20.6 Å². The highest BCUT2D eigenvalue weighted by atomic mass is 32.1. The molecule has 6 nitrogen and oxygen atoms in total. The lowest BCUT2D eigenvalue weighted by Gasteiger charge is -2.07. The Bertz CT molecular complexity index is 1500. The summed E-state index contributed by atoms with van der Waals surface area (Å²) < 4.78 is 1.13. The van der Waals surface area contributed by atoms with Gasteiger partial charge < -0.3 is 0 Å². The SMILES string of the molecule is Cc1ccc(-c2nc(C(=O)Nn3cnc4sc(C)c(-c5ccccc5)c4c3=O)cs2)cc1. The number of benzene rings is 2. The lowest BCUT2D eigenvalue weighted by atomic mass is 10.0. The van der Waals surface area contributed by atoms with E-state index < -0.39 is 5.91 Å². The second-order valence-corrected chi connectivity index (χ2v) is 9.41. The predicted molar refractivity (Wildman–Crippen MR) is 130 cm³/mol. The van der Waals surface area contributed by atoms with Crippen molar-refractivity contribution in [2.24, 2.45) is 0 Å². The number of amides is 1. The fourth-order valence-corrected chi connectivity index (χ4v) is 5.32. The van der Waals surface area contributed by atoms with Gasteiger partial charge in [-0.1, -0.05) is 60.2 Å². The van der Waals surface area contributed by atoms with E-state index in [4.69, 9.17) is 0 Å². The largest absolute Gasteiger partial charge is 0.289 e. The topological polar surface area (TPSA) is 76.9 Å². The summed E-state index contributed by atoms with van der Waals surface area (Å²) in [6.45, 7) is 3.99. The lowest BCUT2D eigenvalue weighted by Crippen LogP contribution is -2.33. The van der Waals surface area contributed by atoms with Gasteiger partial charge in [-0.3, -0.25) is 15.0 Å². The number of thiazole rings is 1. The molecule has 1 amide bonds. The van der Waals surface area contributed by atoms with E-state index in [0.717, 1.165) is 36.8 Å². The van der Waals surface area contributed by atoms with Gasteiger partial charge in [-0.05, 0) is 19.4 Å². The fraction of sp³-hybridized carbons (Fsp3) is 0.0833. The lowest BCUT2D eigenvalue weighted by molar-refractivity contribution is 0.100. The zero-order chi connectivity index (χ0) is 22.2. The maximum atomic E-state index is 13.3. The van der Waals surface area contributed by atoms with Gasteiger partial charge in [0.1, 0.15) is 21.9 Å². The summed E-state index contributed by atoms with van der Waals surface area (Å²) in [5.74, 6) is -0.462. The molecular formula is C24H18N4O2S2. The molecule has 3 aromatic heterocycles. The van der Waals surface area contributed by atoms with Crippen LogP contribution in [0.1, 0.15) is 20.9 Å². The Kier molecular flexibility index (Phi) is 5.16. The maximum Gasteiger partial charge on any atom is 0.289 e. The van der Waals surface area contributed by atoms with Crippen LogP contribution < -0.4 is 11.0 Å². The fourth-order valence-electron chi connectivity index (χ4n) is 3.51. The summed E-state index contributed by atoms with van der Waals surface area (Å²) in [5, 5.41) is 2.93. The van der Waals surface area contributed by atoms with Gasteiger partial charge in [0.05, 0.1) is 5.39 Å². The van der Waals surface area contributed by atoms with Gasteiger partial charge in [0.25, 0.3) is 11.5 Å². The van der Waals surface area contributed by atoms with Gasteiger partial charge in [0.15, 0.2) is 0 Å². The van der Waals surface area contributed by atoms with Crippen LogP contribution in [0, 0.1) is 13.8 Å². The first-order chi connectivity index (χ1) is 15.5. The van der Waals surface area contributed by atoms with Crippen molar-refractivity contribution in [3.05, 3.63) is 92.8 Å². The Morgan fingerprint density at radius 3 is 2.50 bits per heavy atom. The molecule has 5 rings (SSSR count). The highest BCUT2D eigenvalue weighted by Crippen LogP contribution is 2.35. The molecule has 0 saturated heterocycles. The molecular weight excluding hydrogens is 440 g/mol. The quantitative estimate of drug-likeness (QED) is 0.399. The van der Waals surface area contributed by atoms with Crippen LogP contribution in [0.4, 0.5) is 0 Å². The minimum Gasteiger partial charge on any atom is -0.267 e. The minimum atomic E-state index is -0.462. The molecule has 0 aliphatic carbocycles. The van der Waals surface area contributed by atoms with Crippen molar-refractivity contribution in [1.82, 2.24) is 14.6 Å². The second-order valence-electron chi connectivity index (χ2n) is 7.34. The van der Waals surface area contributed by atoms with Crippen LogP contribution >= 0.6 is 22.7 Å². The van der Waals surface area contributed by atoms with Crippen LogP contribution in [0.15, 0.2) is 71.1 Å². The van der Waals surface area contributed by atoms with Crippen LogP contribution in [-0.2, 0) is 0 Å². The molecule has 158 valence electrons. The van der Waals surface area contributed by atoms with Crippen molar-refractivity contribution in [2.45, 2.75) is 13.8 Å². The Hall–Kier alpha value is -3.62. The monoisotopic (exact) mass is 458 g/mol. The van der Waals surface area contributed by atoms with Crippen molar-refractivity contribution >= 4 is 38.8 Å². The molecule has 0 unspecified atom stereocenters. The molecule has 0 bridgehead atoms. The normalized spacial score (nSPS) is 11.1. The van der Waals surface area contributed by atoms with Gasteiger partial charge in [-0.2, -0.15) is 0 Å². The molecule has 0 aliphatic rings. The standard InChI is InChI=1S/C24H18N4O2S2/c1-14-8-10-17(11-9-14)22-26-18(12-31-22)21(29)27-28-13-25-23-20(24(28)30)19(15(2)32-23)16-6-4-3-5-7-16/h3-13H,1-2H3,(H,27,29). The number of thiophene rings is 1. The Balaban J connectivity index is 1.48. The third-order valence-corrected chi connectivity index (χ3v) is 7.01. The molecule has 1 N–H and O–H groups in total. The number of carbonyl (C=O) groups is 1. The molecule has 2 aromatic carbocycles. The third kappa shape index (κ3) is 3.63. The number of hydrogen-bond donors (Lipinski definition) is 1. The van der Waals surface area contributed by atoms with Gasteiger partial charge in [0.2, 0.25) is 0 Å². The molecule has 0 radical (unpaired) electrons. The summed E-state index contributed by atoms with van der Waals surface area (Å²) in [4.78, 5) is 36.6. The Labute approximate surface area is 191 Å². The van der Waals surface area contributed by atoms with E-state index in [9.17, 15) is 9.59 Å². The van der Waals surface area contributed by atoms with Gasteiger partial charge in [0, 0.05) is 21.4 Å². The zero-order valence-electron chi connectivity index (χ0n) is 17.3. The minimum absolute atomic E-state index is 0.252. The smallest absolute Gasteiger partial charge is 0.267 e. The predicted octanol–water partition coefficient (Wildman–Crippen LogP) is 5.25. The van der Waals surface area contributed by atoms with E-state index in [1.54, 1.807) is 5.38 Å². The highest BCUT2D eigenvalue weighted by Gasteiger charge is 2.19. The number of nitrogens with zero attached hydrogens (tertiary/aromatic N) is 3. The number of nitrogens with one attached hydrogen (secondary N) is 1. The summed E-state index contributed by atoms with van der Waals surface area (Å²) in [5.41, 5.74) is 6.46. The second kappa shape index (κ2) is 8.14. The third-order valence-electron chi connectivity index (χ3n) is 5.11. The first-order valence-corrected chi connectivity index (χ1v) is 11.6. The summed E-state index contributed by atoms with van der Waals surface area (Å²) in [7, 11) is 0. The molecule has 0 atom stereocenters. The average molecular weight is 459 g/mol. The number of hydrogen-bond acceptors (Lipinski definition) is 6. The summed E-state index contributed by atoms with van der Waals surface area (Å²) in [6, 6.07) is 17.7. The average Bonchev–Trinajstić information content (AvgIpc) is 3.42. The van der Waals surface area contributed by atoms with Crippen LogP contribution in [0.2, 0.25) is 0 Å². The Morgan fingerprint density at radius 2 is 1.75 bits per heavy atom. The number of aromatic nitrogens is 3. The molecule has 0 aliphatic heterocycles. The molecule has 3 heterocycles. The van der Waals surface area contributed by atoms with E-state index in [0.29, 0.717) is 10.2 Å². The van der Waals surface area contributed by atoms with Gasteiger partial charge >= 0.3 is 0 Å². The van der Waals surface area contributed by atoms with Crippen molar-refractivity contribution in [2.75, 3.05) is 5.43 Å². The van der Waals surface area contributed by atoms with E-state index in [2.05, 4.69) is 15.4 Å². The molecule has 32 heavy (non-hydrogen) atoms. The zero-order valence-corrected chi connectivity index (χ0v) is 19.0. The van der Waals surface area contributed by atoms with Crippen LogP contribution in [0.25, 0.3) is 31.9 Å². The summed E-state index contributed by atoms with van der Waals surface area (Å²) >= 11 is 2.85. The first-order valence-electron chi connectivity index (χ1n) is 9.91. The van der Waals surface area contributed by atoms with Crippen molar-refractivity contribution in [3.8, 4) is 21.7 Å². The van der Waals surface area contributed by atoms with Gasteiger partial charge in [-0.15, -0.1) is 22.7 Å². The number of carbonyl (C=O) groups excluding carboxylic acids is 1. The molecule has 0 fully saturated rings. The van der Waals surface area contributed by atoms with Crippen molar-refractivity contribution in [1.29, 1.82) is 0 Å². The van der Waals surface area contributed by atoms with E-state index in [-0.39, 0.29) is 11.3 Å². The number of fused-ring (bicyclic) bond motifs is 1.